The van der Waals surface area contributed by atoms with Crippen LogP contribution in [0.3, 0.4) is 0 Å². The summed E-state index contributed by atoms with van der Waals surface area (Å²) in [5.41, 5.74) is 5.21. The Labute approximate surface area is 167 Å². The molecule has 2 aliphatic rings. The van der Waals surface area contributed by atoms with E-state index in [9.17, 15) is 4.79 Å². The summed E-state index contributed by atoms with van der Waals surface area (Å²) < 4.78 is 11.9. The summed E-state index contributed by atoms with van der Waals surface area (Å²) in [4.78, 5) is 12.6. The van der Waals surface area contributed by atoms with E-state index in [-0.39, 0.29) is 5.91 Å². The van der Waals surface area contributed by atoms with E-state index in [0.29, 0.717) is 6.04 Å². The molecular formula is C24H31NO3. The molecule has 28 heavy (non-hydrogen) atoms. The van der Waals surface area contributed by atoms with Crippen LogP contribution in [0.5, 0.6) is 5.75 Å². The molecular weight excluding hydrogens is 350 g/mol. The Morgan fingerprint density at radius 2 is 1.93 bits per heavy atom. The summed E-state index contributed by atoms with van der Waals surface area (Å²) in [6, 6.07) is 2.48. The number of rotatable bonds is 4. The molecule has 0 unspecified atom stereocenters. The Hall–Kier alpha value is -2.23. The van der Waals surface area contributed by atoms with Crippen molar-refractivity contribution >= 4 is 22.4 Å². The first-order chi connectivity index (χ1) is 13.6. The summed E-state index contributed by atoms with van der Waals surface area (Å²) >= 11 is 0. The Morgan fingerprint density at radius 3 is 2.68 bits per heavy atom. The van der Waals surface area contributed by atoms with E-state index in [1.807, 2.05) is 6.92 Å². The van der Waals surface area contributed by atoms with Crippen molar-refractivity contribution in [3.05, 3.63) is 34.6 Å². The van der Waals surface area contributed by atoms with E-state index in [2.05, 4.69) is 18.3 Å². The summed E-state index contributed by atoms with van der Waals surface area (Å²) in [5.74, 6) is 1.93. The second-order valence-corrected chi connectivity index (χ2v) is 8.34. The molecule has 0 radical (unpaired) electrons. The third-order valence-corrected chi connectivity index (χ3v) is 6.35. The van der Waals surface area contributed by atoms with Crippen LogP contribution in [0.2, 0.25) is 0 Å². The normalized spacial score (nSPS) is 18.2. The lowest BCUT2D eigenvalue weighted by Crippen LogP contribution is -2.35. The second-order valence-electron chi connectivity index (χ2n) is 8.34. The number of nitrogens with one attached hydrogen (secondary N) is 1. The average molecular weight is 382 g/mol. The van der Waals surface area contributed by atoms with Crippen molar-refractivity contribution in [2.75, 3.05) is 7.11 Å². The average Bonchev–Trinajstić information content (AvgIpc) is 3.07. The largest absolute Gasteiger partial charge is 0.496 e. The van der Waals surface area contributed by atoms with Crippen LogP contribution in [-0.2, 0) is 17.6 Å². The molecule has 0 spiro atoms. The van der Waals surface area contributed by atoms with Gasteiger partial charge in [-0.25, -0.2) is 0 Å². The van der Waals surface area contributed by atoms with Crippen molar-refractivity contribution in [3.63, 3.8) is 0 Å². The van der Waals surface area contributed by atoms with E-state index in [1.165, 1.54) is 43.1 Å². The molecule has 1 N–H and O–H groups in total. The lowest BCUT2D eigenvalue weighted by molar-refractivity contribution is -0.117. The van der Waals surface area contributed by atoms with Crippen LogP contribution in [0.15, 0.2) is 16.6 Å². The number of fused-ring (bicyclic) bond motifs is 3. The Bertz CT molecular complexity index is 916. The molecule has 0 bridgehead atoms. The third kappa shape index (κ3) is 3.57. The van der Waals surface area contributed by atoms with Gasteiger partial charge in [-0.15, -0.1) is 0 Å². The monoisotopic (exact) mass is 381 g/mol. The molecule has 1 aromatic carbocycles. The number of methoxy groups -OCH3 is 1. The number of ether oxygens (including phenoxy) is 1. The Balaban J connectivity index is 1.69. The van der Waals surface area contributed by atoms with Gasteiger partial charge in [0.2, 0.25) is 5.91 Å². The zero-order valence-corrected chi connectivity index (χ0v) is 17.3. The summed E-state index contributed by atoms with van der Waals surface area (Å²) in [6.45, 7) is 4.05. The number of hydrogen-bond acceptors (Lipinski definition) is 3. The molecule has 4 rings (SSSR count). The SMILES string of the molecule is COc1c(/C(C)=C/C(=O)NC2CCCCC2)cc2c3c(oc2c1C)CCCC3. The minimum atomic E-state index is -0.00146. The highest BCUT2D eigenvalue weighted by Gasteiger charge is 2.23. The maximum absolute atomic E-state index is 12.6. The molecule has 0 aliphatic heterocycles. The number of furan rings is 1. The lowest BCUT2D eigenvalue weighted by atomic mass is 9.92. The third-order valence-electron chi connectivity index (χ3n) is 6.35. The van der Waals surface area contributed by atoms with Crippen LogP contribution in [-0.4, -0.2) is 19.1 Å². The lowest BCUT2D eigenvalue weighted by Gasteiger charge is -2.22. The first kappa shape index (κ1) is 19.1. The first-order valence-electron chi connectivity index (χ1n) is 10.7. The van der Waals surface area contributed by atoms with Crippen molar-refractivity contribution in [1.29, 1.82) is 0 Å². The topological polar surface area (TPSA) is 51.5 Å². The van der Waals surface area contributed by atoms with Crippen LogP contribution in [0.1, 0.15) is 74.3 Å². The number of carbonyl (C=O) groups excluding carboxylic acids is 1. The Morgan fingerprint density at radius 1 is 1.18 bits per heavy atom. The fraction of sp³-hybridized carbons (Fsp3) is 0.542. The molecule has 0 atom stereocenters. The van der Waals surface area contributed by atoms with E-state index >= 15 is 0 Å². The molecule has 2 aromatic rings. The van der Waals surface area contributed by atoms with E-state index in [4.69, 9.17) is 9.15 Å². The van der Waals surface area contributed by atoms with Crippen LogP contribution >= 0.6 is 0 Å². The molecule has 4 nitrogen and oxygen atoms in total. The van der Waals surface area contributed by atoms with Gasteiger partial charge in [-0.2, -0.15) is 0 Å². The predicted octanol–water partition coefficient (Wildman–Crippen LogP) is 5.48. The molecule has 2 aliphatic carbocycles. The molecule has 1 saturated carbocycles. The van der Waals surface area contributed by atoms with Crippen molar-refractivity contribution < 1.29 is 13.9 Å². The van der Waals surface area contributed by atoms with Gasteiger partial charge in [-0.1, -0.05) is 19.3 Å². The molecule has 1 fully saturated rings. The highest BCUT2D eigenvalue weighted by Crippen LogP contribution is 2.41. The number of hydrogen-bond donors (Lipinski definition) is 1. The van der Waals surface area contributed by atoms with E-state index in [1.54, 1.807) is 13.2 Å². The van der Waals surface area contributed by atoms with E-state index in [0.717, 1.165) is 59.5 Å². The van der Waals surface area contributed by atoms with Gasteiger partial charge in [-0.3, -0.25) is 4.79 Å². The first-order valence-corrected chi connectivity index (χ1v) is 10.7. The smallest absolute Gasteiger partial charge is 0.244 e. The zero-order chi connectivity index (χ0) is 19.7. The number of aryl methyl sites for hydroxylation is 3. The summed E-state index contributed by atoms with van der Waals surface area (Å²) in [5, 5.41) is 4.36. The highest BCUT2D eigenvalue weighted by atomic mass is 16.5. The number of allylic oxidation sites excluding steroid dienone is 1. The maximum Gasteiger partial charge on any atom is 0.244 e. The van der Waals surface area contributed by atoms with E-state index < -0.39 is 0 Å². The van der Waals surface area contributed by atoms with Gasteiger partial charge in [0.1, 0.15) is 17.1 Å². The van der Waals surface area contributed by atoms with Crippen molar-refractivity contribution in [2.45, 2.75) is 77.7 Å². The minimum absolute atomic E-state index is 0.00146. The number of amides is 1. The quantitative estimate of drug-likeness (QED) is 0.713. The van der Waals surface area contributed by atoms with Crippen molar-refractivity contribution in [2.24, 2.45) is 0 Å². The van der Waals surface area contributed by atoms with Crippen LogP contribution in [0.25, 0.3) is 16.5 Å². The maximum atomic E-state index is 12.6. The van der Waals surface area contributed by atoms with Gasteiger partial charge in [0.15, 0.2) is 0 Å². The fourth-order valence-corrected chi connectivity index (χ4v) is 4.86. The van der Waals surface area contributed by atoms with Gasteiger partial charge in [-0.05, 0) is 57.6 Å². The molecule has 4 heteroatoms. The predicted molar refractivity (Wildman–Crippen MR) is 113 cm³/mol. The number of carbonyl (C=O) groups is 1. The van der Waals surface area contributed by atoms with Gasteiger partial charge in [0.05, 0.1) is 7.11 Å². The summed E-state index contributed by atoms with van der Waals surface area (Å²) in [7, 11) is 1.69. The van der Waals surface area contributed by atoms with Gasteiger partial charge in [0.25, 0.3) is 0 Å². The van der Waals surface area contributed by atoms with Crippen LogP contribution < -0.4 is 10.1 Å². The van der Waals surface area contributed by atoms with Crippen molar-refractivity contribution in [1.82, 2.24) is 5.32 Å². The van der Waals surface area contributed by atoms with Crippen LogP contribution in [0.4, 0.5) is 0 Å². The van der Waals surface area contributed by atoms with Gasteiger partial charge >= 0.3 is 0 Å². The highest BCUT2D eigenvalue weighted by molar-refractivity contribution is 5.98. The summed E-state index contributed by atoms with van der Waals surface area (Å²) in [6.07, 6.45) is 12.1. The van der Waals surface area contributed by atoms with Crippen molar-refractivity contribution in [3.8, 4) is 5.75 Å². The number of benzene rings is 1. The molecule has 150 valence electrons. The molecule has 0 saturated heterocycles. The molecule has 1 heterocycles. The van der Waals surface area contributed by atoms with Gasteiger partial charge < -0.3 is 14.5 Å². The molecule has 1 amide bonds. The van der Waals surface area contributed by atoms with Crippen LogP contribution in [0, 0.1) is 6.92 Å². The van der Waals surface area contributed by atoms with Gasteiger partial charge in [0, 0.05) is 40.6 Å². The zero-order valence-electron chi connectivity index (χ0n) is 17.3. The standard InChI is InChI=1S/C24H31NO3/c1-15(13-22(26)25-17-9-5-4-6-10-17)19-14-20-18-11-7-8-12-21(18)28-24(20)16(2)23(19)27-3/h13-14,17H,4-12H2,1-3H3,(H,25,26)/b15-13+. The minimum Gasteiger partial charge on any atom is -0.496 e. The molecule has 1 aromatic heterocycles. The Kier molecular flexibility index (Phi) is 5.47. The fourth-order valence-electron chi connectivity index (χ4n) is 4.86. The second kappa shape index (κ2) is 8.02.